The van der Waals surface area contributed by atoms with E-state index in [9.17, 15) is 23.4 Å². The van der Waals surface area contributed by atoms with Crippen molar-refractivity contribution in [1.29, 1.82) is 5.26 Å². The number of pyridine rings is 1. The van der Waals surface area contributed by atoms with Crippen LogP contribution in [0.15, 0.2) is 108 Å². The molecule has 0 aliphatic carbocycles. The van der Waals surface area contributed by atoms with Crippen LogP contribution >= 0.6 is 0 Å². The fourth-order valence-corrected chi connectivity index (χ4v) is 7.60. The van der Waals surface area contributed by atoms with Crippen molar-refractivity contribution in [2.24, 2.45) is 0 Å². The zero-order valence-corrected chi connectivity index (χ0v) is 28.2. The van der Waals surface area contributed by atoms with Gasteiger partial charge < -0.3 is 14.0 Å². The smallest absolute Gasteiger partial charge is 0.337 e. The molecule has 12 heteroatoms. The van der Waals surface area contributed by atoms with E-state index in [-0.39, 0.29) is 16.0 Å². The topological polar surface area (TPSA) is 105 Å². The number of halogens is 3. The maximum Gasteiger partial charge on any atom is 0.337 e. The second-order valence-electron chi connectivity index (χ2n) is 11.7. The van der Waals surface area contributed by atoms with E-state index in [1.807, 2.05) is 37.3 Å². The number of nitriles is 1. The van der Waals surface area contributed by atoms with Gasteiger partial charge in [-0.15, -0.1) is 0 Å². The minimum absolute atomic E-state index is 0.221. The number of fused-ring (bicyclic) bond motifs is 2. The van der Waals surface area contributed by atoms with Gasteiger partial charge in [-0.05, 0) is 90.3 Å². The maximum atomic E-state index is 15.2. The summed E-state index contributed by atoms with van der Waals surface area (Å²) >= 11 is -2.04. The molecule has 8 nitrogen and oxygen atoms in total. The van der Waals surface area contributed by atoms with Gasteiger partial charge in [0, 0.05) is 27.6 Å². The van der Waals surface area contributed by atoms with Crippen LogP contribution in [-0.4, -0.2) is 38.3 Å². The number of alkyl halides is 2. The SMILES string of the molecule is COC(=O)c1ccc(-c2cccc(-c3c(-c4cc(OC)cn5ncc(C#N)c45)c4cc(F)ccc4n3[S+]([O-])c3ccc(C(F)F)cc3)c2)c(C)c1. The summed E-state index contributed by atoms with van der Waals surface area (Å²) in [6.07, 6.45) is 0.323. The summed E-state index contributed by atoms with van der Waals surface area (Å²) in [6, 6.07) is 25.9. The quantitative estimate of drug-likeness (QED) is 0.116. The lowest BCUT2D eigenvalue weighted by atomic mass is 9.93. The molecule has 0 fully saturated rings. The van der Waals surface area contributed by atoms with Gasteiger partial charge in [-0.3, -0.25) is 0 Å². The van der Waals surface area contributed by atoms with Gasteiger partial charge in [0.25, 0.3) is 6.43 Å². The van der Waals surface area contributed by atoms with E-state index >= 15 is 4.39 Å². The van der Waals surface area contributed by atoms with Crippen molar-refractivity contribution in [2.75, 3.05) is 14.2 Å². The average Bonchev–Trinajstić information content (AvgIpc) is 3.72. The number of esters is 1. The number of aromatic nitrogens is 3. The van der Waals surface area contributed by atoms with Crippen LogP contribution in [0.1, 0.15) is 33.5 Å². The van der Waals surface area contributed by atoms with Crippen LogP contribution < -0.4 is 4.74 Å². The van der Waals surface area contributed by atoms with Crippen molar-refractivity contribution in [2.45, 2.75) is 18.2 Å². The predicted octanol–water partition coefficient (Wildman–Crippen LogP) is 8.91. The molecule has 0 radical (unpaired) electrons. The molecule has 7 aromatic rings. The van der Waals surface area contributed by atoms with E-state index in [0.717, 1.165) is 16.7 Å². The van der Waals surface area contributed by atoms with Crippen molar-refractivity contribution in [3.05, 3.63) is 131 Å². The number of ether oxygens (including phenoxy) is 2. The molecule has 0 N–H and O–H groups in total. The highest BCUT2D eigenvalue weighted by molar-refractivity contribution is 7.90. The monoisotopic (exact) mass is 704 g/mol. The van der Waals surface area contributed by atoms with Gasteiger partial charge in [0.05, 0.1) is 48.8 Å². The summed E-state index contributed by atoms with van der Waals surface area (Å²) in [5.74, 6) is -0.625. The van der Waals surface area contributed by atoms with Gasteiger partial charge in [-0.2, -0.15) is 14.3 Å². The van der Waals surface area contributed by atoms with Crippen LogP contribution in [0.3, 0.4) is 0 Å². The molecule has 1 unspecified atom stereocenters. The van der Waals surface area contributed by atoms with Gasteiger partial charge in [-0.25, -0.2) is 22.5 Å². The van der Waals surface area contributed by atoms with Crippen molar-refractivity contribution in [1.82, 2.24) is 13.6 Å². The number of carbonyl (C=O) groups excluding carboxylic acids is 1. The number of aryl methyl sites for hydroxylation is 1. The van der Waals surface area contributed by atoms with Crippen LogP contribution in [0.25, 0.3) is 49.9 Å². The Balaban J connectivity index is 1.57. The summed E-state index contributed by atoms with van der Waals surface area (Å²) in [7, 11) is 2.80. The number of benzene rings is 4. The Morgan fingerprint density at radius 3 is 2.41 bits per heavy atom. The first-order valence-electron chi connectivity index (χ1n) is 15.5. The Bertz CT molecular complexity index is 2520. The molecular formula is C39H27F3N4O4S. The number of hydrogen-bond donors (Lipinski definition) is 0. The molecule has 7 rings (SSSR count). The Morgan fingerprint density at radius 2 is 1.73 bits per heavy atom. The number of rotatable bonds is 8. The molecule has 3 aromatic heterocycles. The number of hydrogen-bond acceptors (Lipinski definition) is 6. The highest BCUT2D eigenvalue weighted by atomic mass is 32.2. The van der Waals surface area contributed by atoms with Gasteiger partial charge >= 0.3 is 5.97 Å². The first-order valence-corrected chi connectivity index (χ1v) is 16.6. The lowest BCUT2D eigenvalue weighted by Crippen LogP contribution is -2.14. The van der Waals surface area contributed by atoms with Crippen molar-refractivity contribution in [3.8, 4) is 45.3 Å². The zero-order chi connectivity index (χ0) is 36.0. The van der Waals surface area contributed by atoms with E-state index < -0.39 is 29.6 Å². The van der Waals surface area contributed by atoms with E-state index in [1.54, 1.807) is 28.4 Å². The summed E-state index contributed by atoms with van der Waals surface area (Å²) in [5, 5.41) is 14.8. The normalized spacial score (nSPS) is 12.0. The van der Waals surface area contributed by atoms with E-state index in [4.69, 9.17) is 9.47 Å². The van der Waals surface area contributed by atoms with Gasteiger partial charge in [0.1, 0.15) is 34.7 Å². The first-order chi connectivity index (χ1) is 24.6. The molecular weight excluding hydrogens is 678 g/mol. The largest absolute Gasteiger partial charge is 0.587 e. The Morgan fingerprint density at radius 1 is 0.961 bits per heavy atom. The molecule has 0 bridgehead atoms. The molecule has 0 saturated heterocycles. The third-order valence-electron chi connectivity index (χ3n) is 8.69. The van der Waals surface area contributed by atoms with Crippen LogP contribution in [-0.2, 0) is 16.1 Å². The summed E-state index contributed by atoms with van der Waals surface area (Å²) < 4.78 is 70.4. The molecule has 0 aliphatic rings. The molecule has 0 aliphatic heterocycles. The minimum Gasteiger partial charge on any atom is -0.587 e. The summed E-state index contributed by atoms with van der Waals surface area (Å²) in [5.41, 5.74) is 5.48. The van der Waals surface area contributed by atoms with Gasteiger partial charge in [0.2, 0.25) is 0 Å². The third-order valence-corrected chi connectivity index (χ3v) is 10.1. The minimum atomic E-state index is -2.71. The second kappa shape index (κ2) is 13.4. The van der Waals surface area contributed by atoms with E-state index in [2.05, 4.69) is 11.2 Å². The molecule has 254 valence electrons. The number of carbonyl (C=O) groups is 1. The molecule has 4 aromatic carbocycles. The highest BCUT2D eigenvalue weighted by Gasteiger charge is 2.31. The van der Waals surface area contributed by atoms with Crippen LogP contribution in [0, 0.1) is 24.1 Å². The molecule has 0 amide bonds. The fraction of sp³-hybridized carbons (Fsp3) is 0.103. The first kappa shape index (κ1) is 33.5. The number of methoxy groups -OCH3 is 2. The van der Waals surface area contributed by atoms with Crippen LogP contribution in [0.4, 0.5) is 13.2 Å². The maximum absolute atomic E-state index is 15.2. The lowest BCUT2D eigenvalue weighted by molar-refractivity contribution is 0.0600. The standard InChI is InChI=1S/C39H27F3N4O4S/c1-22-15-26(39(47)50-3)9-13-31(22)24-5-4-6-25(16-24)37-35(33-18-29(49-2)21-45-36(33)27(19-43)20-44-45)32-17-28(40)10-14-34(32)46(37)51(48)30-11-7-23(8-12-30)38(41)42/h4-18,20-21,38H,1-3H3. The molecule has 51 heavy (non-hydrogen) atoms. The Labute approximate surface area is 293 Å². The predicted molar refractivity (Wildman–Crippen MR) is 188 cm³/mol. The fourth-order valence-electron chi connectivity index (χ4n) is 6.32. The van der Waals surface area contributed by atoms with Gasteiger partial charge in [0.15, 0.2) is 4.90 Å². The lowest BCUT2D eigenvalue weighted by Gasteiger charge is -2.17. The molecule has 3 heterocycles. The Hall–Kier alpha value is -6.03. The van der Waals surface area contributed by atoms with Gasteiger partial charge in [-0.1, -0.05) is 24.3 Å². The molecule has 0 saturated carbocycles. The molecule has 0 spiro atoms. The number of nitrogens with zero attached hydrogens (tertiary/aromatic N) is 4. The second-order valence-corrected chi connectivity index (χ2v) is 13.0. The van der Waals surface area contributed by atoms with Crippen molar-refractivity contribution < 1.29 is 32.0 Å². The van der Waals surface area contributed by atoms with Crippen molar-refractivity contribution >= 4 is 33.8 Å². The summed E-state index contributed by atoms with van der Waals surface area (Å²) in [4.78, 5) is 12.4. The van der Waals surface area contributed by atoms with Crippen molar-refractivity contribution in [3.63, 3.8) is 0 Å². The highest BCUT2D eigenvalue weighted by Crippen LogP contribution is 2.46. The summed E-state index contributed by atoms with van der Waals surface area (Å²) in [6.45, 7) is 1.87. The van der Waals surface area contributed by atoms with E-state index in [0.29, 0.717) is 50.1 Å². The zero-order valence-electron chi connectivity index (χ0n) is 27.4. The van der Waals surface area contributed by atoms with Crippen LogP contribution in [0.5, 0.6) is 5.75 Å². The van der Waals surface area contributed by atoms with Crippen LogP contribution in [0.2, 0.25) is 0 Å². The Kier molecular flexibility index (Phi) is 8.76. The van der Waals surface area contributed by atoms with E-state index in [1.165, 1.54) is 67.4 Å². The average molecular weight is 705 g/mol. The molecule has 1 atom stereocenters. The third kappa shape index (κ3) is 5.86.